The van der Waals surface area contributed by atoms with Gasteiger partial charge in [-0.25, -0.2) is 15.0 Å². The van der Waals surface area contributed by atoms with Crippen molar-refractivity contribution in [2.24, 2.45) is 0 Å². The summed E-state index contributed by atoms with van der Waals surface area (Å²) >= 11 is 1.78. The van der Waals surface area contributed by atoms with Crippen LogP contribution in [0, 0.1) is 0 Å². The average Bonchev–Trinajstić information content (AvgIpc) is 3.62. The van der Waals surface area contributed by atoms with Gasteiger partial charge < -0.3 is 9.47 Å². The van der Waals surface area contributed by atoms with E-state index in [9.17, 15) is 0 Å². The van der Waals surface area contributed by atoms with Crippen LogP contribution in [0.1, 0.15) is 25.0 Å². The van der Waals surface area contributed by atoms with Gasteiger partial charge >= 0.3 is 0 Å². The second-order valence-corrected chi connectivity index (χ2v) is 13.9. The van der Waals surface area contributed by atoms with E-state index in [1.807, 2.05) is 54.6 Å². The van der Waals surface area contributed by atoms with E-state index in [1.54, 1.807) is 11.3 Å². The first-order valence-electron chi connectivity index (χ1n) is 16.0. The zero-order chi connectivity index (χ0) is 32.0. The lowest BCUT2D eigenvalue weighted by Gasteiger charge is -2.26. The smallest absolute Gasteiger partial charge is 0.181 e. The average molecular weight is 638 g/mol. The molecule has 2 aliphatic rings. The van der Waals surface area contributed by atoms with Crippen molar-refractivity contribution in [3.05, 3.63) is 139 Å². The van der Waals surface area contributed by atoms with Crippen molar-refractivity contribution in [2.75, 3.05) is 0 Å². The van der Waals surface area contributed by atoms with E-state index in [0.29, 0.717) is 34.7 Å². The molecule has 6 aromatic carbocycles. The maximum atomic E-state index is 6.74. The van der Waals surface area contributed by atoms with E-state index < -0.39 is 0 Å². The third-order valence-corrected chi connectivity index (χ3v) is 10.7. The molecule has 1 aliphatic carbocycles. The quantitative estimate of drug-likeness (QED) is 0.193. The Kier molecular flexibility index (Phi) is 5.72. The molecule has 0 amide bonds. The highest BCUT2D eigenvalue weighted by molar-refractivity contribution is 7.25. The highest BCUT2D eigenvalue weighted by atomic mass is 32.1. The molecule has 48 heavy (non-hydrogen) atoms. The van der Waals surface area contributed by atoms with E-state index >= 15 is 0 Å². The second kappa shape index (κ2) is 10.1. The summed E-state index contributed by atoms with van der Waals surface area (Å²) in [5, 5.41) is 2.49. The van der Waals surface area contributed by atoms with Crippen LogP contribution in [0.25, 0.3) is 65.5 Å². The molecule has 0 bridgehead atoms. The molecule has 5 nitrogen and oxygen atoms in total. The van der Waals surface area contributed by atoms with Crippen molar-refractivity contribution in [1.29, 1.82) is 0 Å². The van der Waals surface area contributed by atoms with Crippen molar-refractivity contribution >= 4 is 31.5 Å². The Hall–Kier alpha value is -5.85. The zero-order valence-electron chi connectivity index (χ0n) is 26.2. The lowest BCUT2D eigenvalue weighted by atomic mass is 9.82. The second-order valence-electron chi connectivity index (χ2n) is 12.8. The molecule has 0 N–H and O–H groups in total. The maximum absolute atomic E-state index is 6.74. The van der Waals surface area contributed by atoms with Gasteiger partial charge in [-0.3, -0.25) is 0 Å². The van der Waals surface area contributed by atoms with Crippen LogP contribution in [0.3, 0.4) is 0 Å². The molecule has 0 saturated heterocycles. The van der Waals surface area contributed by atoms with Gasteiger partial charge in [0, 0.05) is 42.3 Å². The molecule has 0 atom stereocenters. The molecular weight excluding hydrogens is 611 g/mol. The Balaban J connectivity index is 1.13. The molecule has 2 aromatic heterocycles. The van der Waals surface area contributed by atoms with Crippen molar-refractivity contribution in [3.63, 3.8) is 0 Å². The highest BCUT2D eigenvalue weighted by Gasteiger charge is 2.40. The van der Waals surface area contributed by atoms with Gasteiger partial charge in [-0.2, -0.15) is 0 Å². The summed E-state index contributed by atoms with van der Waals surface area (Å²) in [6, 6.07) is 43.7. The first-order chi connectivity index (χ1) is 23.5. The molecule has 10 rings (SSSR count). The standard InChI is InChI=1S/C42H27N3O2S/c1-42(2)30-16-8-6-14-28(30)36-31(42)21-22-33-38(36)47-32-17-10-15-29(37(32)46-33)41-44-39(24-11-4-3-5-12-24)43-40(45-41)25-19-20-27-26-13-7-9-18-34(26)48-35(27)23-25/h3-23H,1-2H3. The summed E-state index contributed by atoms with van der Waals surface area (Å²) in [6.45, 7) is 4.53. The molecule has 3 heterocycles. The largest absolute Gasteiger partial charge is 0.449 e. The highest BCUT2D eigenvalue weighted by Crippen LogP contribution is 2.59. The molecule has 0 radical (unpaired) electrons. The number of ether oxygens (including phenoxy) is 2. The Bertz CT molecular complexity index is 2610. The first-order valence-corrected chi connectivity index (χ1v) is 16.8. The number of fused-ring (bicyclic) bond motifs is 9. The number of hydrogen-bond donors (Lipinski definition) is 0. The molecule has 0 fully saturated rings. The summed E-state index contributed by atoms with van der Waals surface area (Å²) < 4.78 is 15.9. The lowest BCUT2D eigenvalue weighted by Crippen LogP contribution is -2.15. The van der Waals surface area contributed by atoms with E-state index in [0.717, 1.165) is 28.0 Å². The predicted molar refractivity (Wildman–Crippen MR) is 193 cm³/mol. The van der Waals surface area contributed by atoms with Crippen LogP contribution in [0.2, 0.25) is 0 Å². The molecule has 0 spiro atoms. The monoisotopic (exact) mass is 637 g/mol. The van der Waals surface area contributed by atoms with Crippen molar-refractivity contribution in [1.82, 2.24) is 15.0 Å². The number of para-hydroxylation sites is 1. The Morgan fingerprint density at radius 2 is 1.19 bits per heavy atom. The molecule has 0 saturated carbocycles. The topological polar surface area (TPSA) is 57.1 Å². The fourth-order valence-corrected chi connectivity index (χ4v) is 8.37. The van der Waals surface area contributed by atoms with Crippen LogP contribution >= 0.6 is 11.3 Å². The minimum absolute atomic E-state index is 0.138. The van der Waals surface area contributed by atoms with Crippen molar-refractivity contribution < 1.29 is 9.47 Å². The maximum Gasteiger partial charge on any atom is 0.181 e. The molecule has 228 valence electrons. The summed E-state index contributed by atoms with van der Waals surface area (Å²) in [5.41, 5.74) is 7.24. The molecule has 6 heteroatoms. The van der Waals surface area contributed by atoms with E-state index in [-0.39, 0.29) is 5.41 Å². The lowest BCUT2D eigenvalue weighted by molar-refractivity contribution is 0.361. The van der Waals surface area contributed by atoms with Gasteiger partial charge in [0.25, 0.3) is 0 Å². The van der Waals surface area contributed by atoms with Crippen LogP contribution in [0.15, 0.2) is 127 Å². The number of hydrogen-bond acceptors (Lipinski definition) is 6. The first kappa shape index (κ1) is 27.3. The fourth-order valence-electron chi connectivity index (χ4n) is 7.23. The zero-order valence-corrected chi connectivity index (χ0v) is 27.0. The number of benzene rings is 6. The Labute approximate surface area is 281 Å². The van der Waals surface area contributed by atoms with E-state index in [1.165, 1.54) is 36.9 Å². The SMILES string of the molecule is CC1(C)c2ccccc2-c2c1ccc1c2Oc2cccc(-c3nc(-c4ccccc4)nc(-c4ccc5c(c4)sc4ccccc45)n3)c2O1. The summed E-state index contributed by atoms with van der Waals surface area (Å²) in [6.07, 6.45) is 0. The summed E-state index contributed by atoms with van der Waals surface area (Å²) in [4.78, 5) is 15.1. The number of rotatable bonds is 3. The minimum atomic E-state index is -0.138. The van der Waals surface area contributed by atoms with Gasteiger partial charge in [0.05, 0.1) is 5.56 Å². The van der Waals surface area contributed by atoms with Crippen molar-refractivity contribution in [3.8, 4) is 68.3 Å². The fraction of sp³-hybridized carbons (Fsp3) is 0.0714. The molecule has 1 aliphatic heterocycles. The third kappa shape index (κ3) is 3.99. The van der Waals surface area contributed by atoms with Gasteiger partial charge in [-0.15, -0.1) is 11.3 Å². The van der Waals surface area contributed by atoms with Gasteiger partial charge in [-0.1, -0.05) is 111 Å². The van der Waals surface area contributed by atoms with Gasteiger partial charge in [0.15, 0.2) is 40.5 Å². The van der Waals surface area contributed by atoms with Crippen LogP contribution in [-0.4, -0.2) is 15.0 Å². The normalized spacial score (nSPS) is 13.7. The Morgan fingerprint density at radius 3 is 2.08 bits per heavy atom. The van der Waals surface area contributed by atoms with Gasteiger partial charge in [-0.05, 0) is 47.0 Å². The van der Waals surface area contributed by atoms with Crippen LogP contribution in [0.5, 0.6) is 23.0 Å². The van der Waals surface area contributed by atoms with Gasteiger partial charge in [0.2, 0.25) is 0 Å². The van der Waals surface area contributed by atoms with Crippen LogP contribution < -0.4 is 9.47 Å². The van der Waals surface area contributed by atoms with Crippen molar-refractivity contribution in [2.45, 2.75) is 19.3 Å². The van der Waals surface area contributed by atoms with Crippen LogP contribution in [-0.2, 0) is 5.41 Å². The predicted octanol–water partition coefficient (Wildman–Crippen LogP) is 11.4. The molecular formula is C42H27N3O2S. The Morgan fingerprint density at radius 1 is 0.500 bits per heavy atom. The molecule has 0 unspecified atom stereocenters. The van der Waals surface area contributed by atoms with E-state index in [2.05, 4.69) is 86.6 Å². The molecule has 8 aromatic rings. The summed E-state index contributed by atoms with van der Waals surface area (Å²) in [5.74, 6) is 4.36. The number of aromatic nitrogens is 3. The van der Waals surface area contributed by atoms with Gasteiger partial charge in [0.1, 0.15) is 0 Å². The third-order valence-electron chi connectivity index (χ3n) is 9.61. The number of nitrogens with zero attached hydrogens (tertiary/aromatic N) is 3. The van der Waals surface area contributed by atoms with Crippen LogP contribution in [0.4, 0.5) is 0 Å². The summed E-state index contributed by atoms with van der Waals surface area (Å²) in [7, 11) is 0. The minimum Gasteiger partial charge on any atom is -0.449 e. The number of thiophene rings is 1. The van der Waals surface area contributed by atoms with E-state index in [4.69, 9.17) is 24.4 Å².